The first-order valence-corrected chi connectivity index (χ1v) is 11.8. The van der Waals surface area contributed by atoms with E-state index in [9.17, 15) is 19.5 Å². The number of amides is 1. The van der Waals surface area contributed by atoms with E-state index in [0.29, 0.717) is 25.3 Å². The van der Waals surface area contributed by atoms with Gasteiger partial charge in [-0.2, -0.15) is 0 Å². The molecule has 0 saturated heterocycles. The molecule has 6 heteroatoms. The predicted molar refractivity (Wildman–Crippen MR) is 115 cm³/mol. The van der Waals surface area contributed by atoms with Crippen LogP contribution in [0.25, 0.3) is 0 Å². The zero-order chi connectivity index (χ0) is 21.1. The third-order valence-corrected chi connectivity index (χ3v) is 7.48. The maximum absolute atomic E-state index is 13.4. The topological polar surface area (TPSA) is 88.4 Å². The molecule has 0 spiro atoms. The third-order valence-electron chi connectivity index (χ3n) is 7.48. The van der Waals surface area contributed by atoms with Crippen molar-refractivity contribution in [3.63, 3.8) is 0 Å². The molecule has 6 nitrogen and oxygen atoms in total. The first-order chi connectivity index (χ1) is 14.5. The number of aryl methyl sites for hydroxylation is 1. The Morgan fingerprint density at radius 1 is 1.00 bits per heavy atom. The van der Waals surface area contributed by atoms with Gasteiger partial charge in [0.25, 0.3) is 11.5 Å². The number of aliphatic carboxylic acids is 1. The molecule has 4 rings (SSSR count). The number of carboxylic acid groups (broad SMARTS) is 1. The monoisotopic (exact) mass is 414 g/mol. The molecule has 1 amide bonds. The normalized spacial score (nSPS) is 21.6. The Kier molecular flexibility index (Phi) is 6.30. The summed E-state index contributed by atoms with van der Waals surface area (Å²) in [4.78, 5) is 38.6. The minimum Gasteiger partial charge on any atom is -0.480 e. The highest BCUT2D eigenvalue weighted by atomic mass is 16.4. The molecule has 0 aliphatic heterocycles. The Bertz CT molecular complexity index is 861. The summed E-state index contributed by atoms with van der Waals surface area (Å²) >= 11 is 0. The van der Waals surface area contributed by atoms with Gasteiger partial charge in [-0.25, -0.2) is 4.79 Å². The second-order valence-electron chi connectivity index (χ2n) is 9.56. The van der Waals surface area contributed by atoms with Crippen molar-refractivity contribution in [2.24, 2.45) is 5.92 Å². The molecule has 1 aromatic heterocycles. The molecule has 0 atom stereocenters. The number of carbonyl (C=O) groups is 2. The van der Waals surface area contributed by atoms with E-state index in [2.05, 4.69) is 5.32 Å². The lowest BCUT2D eigenvalue weighted by Gasteiger charge is -2.34. The molecule has 0 bridgehead atoms. The fourth-order valence-electron chi connectivity index (χ4n) is 5.70. The van der Waals surface area contributed by atoms with Crippen LogP contribution in [0.2, 0.25) is 0 Å². The van der Waals surface area contributed by atoms with Gasteiger partial charge < -0.3 is 15.0 Å². The zero-order valence-electron chi connectivity index (χ0n) is 17.9. The van der Waals surface area contributed by atoms with Gasteiger partial charge in [0.15, 0.2) is 0 Å². The van der Waals surface area contributed by atoms with Crippen molar-refractivity contribution in [3.05, 3.63) is 33.2 Å². The molecule has 1 aromatic rings. The summed E-state index contributed by atoms with van der Waals surface area (Å²) in [5, 5.41) is 12.6. The smallest absolute Gasteiger partial charge is 0.329 e. The van der Waals surface area contributed by atoms with Crippen LogP contribution in [-0.4, -0.2) is 27.1 Å². The second-order valence-corrected chi connectivity index (χ2v) is 9.56. The number of hydrogen-bond acceptors (Lipinski definition) is 3. The van der Waals surface area contributed by atoms with Gasteiger partial charge in [-0.15, -0.1) is 0 Å². The number of aromatic nitrogens is 1. The lowest BCUT2D eigenvalue weighted by Crippen LogP contribution is -2.56. The molecule has 3 aliphatic carbocycles. The SMILES string of the molecule is O=C(NC1(C(=O)O)CCCCC1)c1cc2c(n(CC3CCCCC3)c1=O)CCCC2. The van der Waals surface area contributed by atoms with Gasteiger partial charge in [-0.1, -0.05) is 38.5 Å². The molecule has 2 fully saturated rings. The van der Waals surface area contributed by atoms with Crippen LogP contribution in [0.3, 0.4) is 0 Å². The highest BCUT2D eigenvalue weighted by Crippen LogP contribution is 2.30. The van der Waals surface area contributed by atoms with Gasteiger partial charge >= 0.3 is 5.97 Å². The Balaban J connectivity index is 1.67. The van der Waals surface area contributed by atoms with Crippen molar-refractivity contribution >= 4 is 11.9 Å². The Morgan fingerprint density at radius 3 is 2.37 bits per heavy atom. The van der Waals surface area contributed by atoms with Gasteiger partial charge in [0, 0.05) is 12.2 Å². The van der Waals surface area contributed by atoms with Crippen LogP contribution in [0.15, 0.2) is 10.9 Å². The van der Waals surface area contributed by atoms with Crippen molar-refractivity contribution < 1.29 is 14.7 Å². The number of nitrogens with zero attached hydrogens (tertiary/aromatic N) is 1. The van der Waals surface area contributed by atoms with Gasteiger partial charge in [-0.3, -0.25) is 9.59 Å². The van der Waals surface area contributed by atoms with Gasteiger partial charge in [0.05, 0.1) is 0 Å². The number of pyridine rings is 1. The summed E-state index contributed by atoms with van der Waals surface area (Å²) < 4.78 is 1.87. The predicted octanol–water partition coefficient (Wildman–Crippen LogP) is 3.82. The second kappa shape index (κ2) is 8.94. The van der Waals surface area contributed by atoms with Crippen molar-refractivity contribution in [1.29, 1.82) is 0 Å². The summed E-state index contributed by atoms with van der Waals surface area (Å²) in [7, 11) is 0. The summed E-state index contributed by atoms with van der Waals surface area (Å²) in [5.41, 5.74) is 0.827. The van der Waals surface area contributed by atoms with E-state index in [1.165, 1.54) is 19.3 Å². The molecule has 0 radical (unpaired) electrons. The quantitative estimate of drug-likeness (QED) is 0.766. The van der Waals surface area contributed by atoms with Gasteiger partial charge in [-0.05, 0) is 68.9 Å². The molecule has 0 unspecified atom stereocenters. The Hall–Kier alpha value is -2.11. The number of carbonyl (C=O) groups excluding carboxylic acids is 1. The fraction of sp³-hybridized carbons (Fsp3) is 0.708. The van der Waals surface area contributed by atoms with Crippen LogP contribution in [0, 0.1) is 5.92 Å². The highest BCUT2D eigenvalue weighted by Gasteiger charge is 2.41. The number of carboxylic acids is 1. The summed E-state index contributed by atoms with van der Waals surface area (Å²) in [6.07, 6.45) is 13.3. The zero-order valence-corrected chi connectivity index (χ0v) is 17.9. The number of nitrogens with one attached hydrogen (secondary N) is 1. The lowest BCUT2D eigenvalue weighted by atomic mass is 9.81. The number of fused-ring (bicyclic) bond motifs is 1. The van der Waals surface area contributed by atoms with E-state index in [4.69, 9.17) is 0 Å². The lowest BCUT2D eigenvalue weighted by molar-refractivity contribution is -0.145. The van der Waals surface area contributed by atoms with Crippen molar-refractivity contribution in [3.8, 4) is 0 Å². The van der Waals surface area contributed by atoms with Crippen LogP contribution >= 0.6 is 0 Å². The van der Waals surface area contributed by atoms with Gasteiger partial charge in [0.2, 0.25) is 0 Å². The van der Waals surface area contributed by atoms with Crippen LogP contribution in [0.1, 0.15) is 98.7 Å². The van der Waals surface area contributed by atoms with Crippen LogP contribution in [0.4, 0.5) is 0 Å². The minimum atomic E-state index is -1.24. The third kappa shape index (κ3) is 4.19. The maximum Gasteiger partial charge on any atom is 0.329 e. The molecule has 1 heterocycles. The summed E-state index contributed by atoms with van der Waals surface area (Å²) in [6, 6.07) is 1.75. The summed E-state index contributed by atoms with van der Waals surface area (Å²) in [6.45, 7) is 0.687. The van der Waals surface area contributed by atoms with E-state index >= 15 is 0 Å². The number of rotatable bonds is 5. The summed E-state index contributed by atoms with van der Waals surface area (Å²) in [5.74, 6) is -1.02. The Labute approximate surface area is 178 Å². The molecule has 164 valence electrons. The minimum absolute atomic E-state index is 0.123. The first kappa shape index (κ1) is 21.1. The molecular weight excluding hydrogens is 380 g/mol. The van der Waals surface area contributed by atoms with Crippen molar-refractivity contribution in [2.45, 2.75) is 102 Å². The molecule has 0 aromatic carbocycles. The van der Waals surface area contributed by atoms with Crippen LogP contribution in [0.5, 0.6) is 0 Å². The highest BCUT2D eigenvalue weighted by molar-refractivity contribution is 5.97. The molecular formula is C24H34N2O4. The van der Waals surface area contributed by atoms with E-state index in [1.54, 1.807) is 6.07 Å². The fourth-order valence-corrected chi connectivity index (χ4v) is 5.70. The van der Waals surface area contributed by atoms with E-state index in [1.807, 2.05) is 4.57 Å². The average molecular weight is 415 g/mol. The number of hydrogen-bond donors (Lipinski definition) is 2. The molecule has 30 heavy (non-hydrogen) atoms. The maximum atomic E-state index is 13.4. The molecule has 2 saturated carbocycles. The molecule has 3 aliphatic rings. The van der Waals surface area contributed by atoms with E-state index < -0.39 is 17.4 Å². The van der Waals surface area contributed by atoms with Gasteiger partial charge in [0.1, 0.15) is 11.1 Å². The standard InChI is InChI=1S/C24H34N2O4/c27-21(25-24(23(29)30)13-7-2-8-14-24)19-15-18-11-5-6-12-20(18)26(22(19)28)16-17-9-3-1-4-10-17/h15,17H,1-14,16H2,(H,25,27)(H,29,30). The van der Waals surface area contributed by atoms with E-state index in [0.717, 1.165) is 69.0 Å². The Morgan fingerprint density at radius 2 is 1.67 bits per heavy atom. The van der Waals surface area contributed by atoms with Crippen LogP contribution in [-0.2, 0) is 24.2 Å². The van der Waals surface area contributed by atoms with Crippen LogP contribution < -0.4 is 10.9 Å². The average Bonchev–Trinajstić information content (AvgIpc) is 2.76. The first-order valence-electron chi connectivity index (χ1n) is 11.8. The largest absolute Gasteiger partial charge is 0.480 e. The van der Waals surface area contributed by atoms with Crippen molar-refractivity contribution in [1.82, 2.24) is 9.88 Å². The molecule has 2 N–H and O–H groups in total. The van der Waals surface area contributed by atoms with Crippen molar-refractivity contribution in [2.75, 3.05) is 0 Å². The van der Waals surface area contributed by atoms with E-state index in [-0.39, 0.29) is 11.1 Å².